The van der Waals surface area contributed by atoms with E-state index in [-0.39, 0.29) is 5.41 Å². The highest BCUT2D eigenvalue weighted by atomic mass is 16.5. The van der Waals surface area contributed by atoms with Crippen molar-refractivity contribution in [1.82, 2.24) is 0 Å². The number of carbonyl (C=O) groups excluding carboxylic acids is 1. The summed E-state index contributed by atoms with van der Waals surface area (Å²) in [4.78, 5) is 10.5. The smallest absolute Gasteiger partial charge is 0.121 e. The Hall–Kier alpha value is -1.15. The molecule has 0 N–H and O–H groups in total. The Kier molecular flexibility index (Phi) is 2.15. The maximum absolute atomic E-state index is 10.5. The summed E-state index contributed by atoms with van der Waals surface area (Å²) >= 11 is 0. The van der Waals surface area contributed by atoms with E-state index in [1.165, 1.54) is 5.56 Å². The molecule has 1 heterocycles. The number of rotatable bonds is 3. The minimum Gasteiger partial charge on any atom is -0.379 e. The van der Waals surface area contributed by atoms with Gasteiger partial charge in [0.25, 0.3) is 0 Å². The van der Waals surface area contributed by atoms with Crippen LogP contribution in [0.2, 0.25) is 0 Å². The molecule has 1 aliphatic heterocycles. The Morgan fingerprint density at radius 3 is 2.46 bits per heavy atom. The molecular formula is C11H12O2. The van der Waals surface area contributed by atoms with Gasteiger partial charge >= 0.3 is 0 Å². The molecule has 1 aromatic rings. The molecule has 13 heavy (non-hydrogen) atoms. The number of hydrogen-bond donors (Lipinski definition) is 0. The van der Waals surface area contributed by atoms with Gasteiger partial charge in [0.1, 0.15) is 6.29 Å². The quantitative estimate of drug-likeness (QED) is 0.653. The molecule has 0 radical (unpaired) electrons. The Morgan fingerprint density at radius 2 is 2.00 bits per heavy atom. The molecule has 0 spiro atoms. The molecule has 0 aromatic heterocycles. The minimum absolute atomic E-state index is 0.0248. The average molecular weight is 176 g/mol. The maximum atomic E-state index is 10.5. The van der Waals surface area contributed by atoms with Crippen molar-refractivity contribution in [3.63, 3.8) is 0 Å². The van der Waals surface area contributed by atoms with Crippen LogP contribution in [-0.2, 0) is 14.9 Å². The van der Waals surface area contributed by atoms with Crippen molar-refractivity contribution in [2.45, 2.75) is 11.8 Å². The first-order chi connectivity index (χ1) is 6.37. The van der Waals surface area contributed by atoms with Crippen molar-refractivity contribution in [2.75, 3.05) is 13.2 Å². The van der Waals surface area contributed by atoms with Crippen molar-refractivity contribution in [3.05, 3.63) is 35.9 Å². The topological polar surface area (TPSA) is 26.3 Å². The van der Waals surface area contributed by atoms with Crippen molar-refractivity contribution in [2.24, 2.45) is 0 Å². The summed E-state index contributed by atoms with van der Waals surface area (Å²) < 4.78 is 5.19. The van der Waals surface area contributed by atoms with Crippen molar-refractivity contribution >= 4 is 6.29 Å². The summed E-state index contributed by atoms with van der Waals surface area (Å²) in [5.41, 5.74) is 1.19. The third-order valence-corrected chi connectivity index (χ3v) is 2.62. The van der Waals surface area contributed by atoms with Gasteiger partial charge in [0.15, 0.2) is 0 Å². The van der Waals surface area contributed by atoms with Gasteiger partial charge in [-0.2, -0.15) is 0 Å². The molecule has 0 saturated carbocycles. The van der Waals surface area contributed by atoms with Crippen LogP contribution >= 0.6 is 0 Å². The maximum Gasteiger partial charge on any atom is 0.121 e. The van der Waals surface area contributed by atoms with Crippen LogP contribution in [0.3, 0.4) is 0 Å². The standard InChI is InChI=1S/C11H12O2/c12-7-6-11(8-13-9-11)10-4-2-1-3-5-10/h1-5,7H,6,8-9H2. The summed E-state index contributed by atoms with van der Waals surface area (Å²) in [6, 6.07) is 10.1. The zero-order valence-electron chi connectivity index (χ0n) is 7.40. The fraction of sp³-hybridized carbons (Fsp3) is 0.364. The second kappa shape index (κ2) is 3.30. The first kappa shape index (κ1) is 8.45. The van der Waals surface area contributed by atoms with Gasteiger partial charge in [0.05, 0.1) is 13.2 Å². The van der Waals surface area contributed by atoms with E-state index >= 15 is 0 Å². The number of aldehydes is 1. The number of benzene rings is 1. The SMILES string of the molecule is O=CCC1(c2ccccc2)COC1. The highest BCUT2D eigenvalue weighted by Crippen LogP contribution is 2.34. The fourth-order valence-electron chi connectivity index (χ4n) is 1.70. The first-order valence-corrected chi connectivity index (χ1v) is 4.44. The first-order valence-electron chi connectivity index (χ1n) is 4.44. The number of carbonyl (C=O) groups is 1. The van der Waals surface area contributed by atoms with Gasteiger partial charge in [-0.1, -0.05) is 30.3 Å². The molecule has 0 unspecified atom stereocenters. The van der Waals surface area contributed by atoms with E-state index in [1.807, 2.05) is 18.2 Å². The van der Waals surface area contributed by atoms with Crippen molar-refractivity contribution < 1.29 is 9.53 Å². The molecule has 0 atom stereocenters. The molecule has 2 heteroatoms. The molecule has 2 nitrogen and oxygen atoms in total. The third-order valence-electron chi connectivity index (χ3n) is 2.62. The van der Waals surface area contributed by atoms with Crippen LogP contribution in [0.5, 0.6) is 0 Å². The molecular weight excluding hydrogens is 164 g/mol. The van der Waals surface area contributed by atoms with E-state index in [0.29, 0.717) is 19.6 Å². The normalized spacial score (nSPS) is 19.1. The fourth-order valence-corrected chi connectivity index (χ4v) is 1.70. The Labute approximate surface area is 77.5 Å². The summed E-state index contributed by atoms with van der Waals surface area (Å²) in [6.07, 6.45) is 1.55. The largest absolute Gasteiger partial charge is 0.379 e. The predicted molar refractivity (Wildman–Crippen MR) is 49.6 cm³/mol. The van der Waals surface area contributed by atoms with E-state index in [0.717, 1.165) is 6.29 Å². The summed E-state index contributed by atoms with van der Waals surface area (Å²) in [5.74, 6) is 0. The summed E-state index contributed by atoms with van der Waals surface area (Å²) in [7, 11) is 0. The molecule has 2 rings (SSSR count). The molecule has 0 bridgehead atoms. The number of hydrogen-bond acceptors (Lipinski definition) is 2. The zero-order valence-corrected chi connectivity index (χ0v) is 7.40. The van der Waals surface area contributed by atoms with Gasteiger partial charge in [-0.25, -0.2) is 0 Å². The molecule has 1 saturated heterocycles. The second-order valence-corrected chi connectivity index (χ2v) is 3.51. The van der Waals surface area contributed by atoms with E-state index < -0.39 is 0 Å². The monoisotopic (exact) mass is 176 g/mol. The Balaban J connectivity index is 2.26. The van der Waals surface area contributed by atoms with Gasteiger partial charge in [-0.05, 0) is 5.56 Å². The summed E-state index contributed by atoms with van der Waals surface area (Å²) in [6.45, 7) is 1.35. The van der Waals surface area contributed by atoms with Crippen LogP contribution in [0, 0.1) is 0 Å². The molecule has 1 aromatic carbocycles. The van der Waals surface area contributed by atoms with Gasteiger partial charge < -0.3 is 9.53 Å². The minimum atomic E-state index is -0.0248. The third kappa shape index (κ3) is 1.38. The van der Waals surface area contributed by atoms with E-state index in [1.54, 1.807) is 0 Å². The Bertz CT molecular complexity index is 288. The van der Waals surface area contributed by atoms with Crippen LogP contribution < -0.4 is 0 Å². The lowest BCUT2D eigenvalue weighted by Crippen LogP contribution is -2.46. The van der Waals surface area contributed by atoms with E-state index in [9.17, 15) is 4.79 Å². The lowest BCUT2D eigenvalue weighted by molar-refractivity contribution is -0.116. The molecule has 1 fully saturated rings. The van der Waals surface area contributed by atoms with E-state index in [2.05, 4.69) is 12.1 Å². The Morgan fingerprint density at radius 1 is 1.31 bits per heavy atom. The molecule has 0 aliphatic carbocycles. The highest BCUT2D eigenvalue weighted by Gasteiger charge is 2.39. The molecule has 1 aliphatic rings. The van der Waals surface area contributed by atoms with Gasteiger partial charge in [-0.15, -0.1) is 0 Å². The van der Waals surface area contributed by atoms with Crippen LogP contribution in [0.15, 0.2) is 30.3 Å². The average Bonchev–Trinajstić information content (AvgIpc) is 2.13. The van der Waals surface area contributed by atoms with Crippen molar-refractivity contribution in [3.8, 4) is 0 Å². The van der Waals surface area contributed by atoms with Crippen LogP contribution in [-0.4, -0.2) is 19.5 Å². The lowest BCUT2D eigenvalue weighted by atomic mass is 9.76. The van der Waals surface area contributed by atoms with Gasteiger partial charge in [-0.3, -0.25) is 0 Å². The second-order valence-electron chi connectivity index (χ2n) is 3.51. The summed E-state index contributed by atoms with van der Waals surface area (Å²) in [5, 5.41) is 0. The van der Waals surface area contributed by atoms with Crippen LogP contribution in [0.4, 0.5) is 0 Å². The van der Waals surface area contributed by atoms with Crippen LogP contribution in [0.25, 0.3) is 0 Å². The number of ether oxygens (including phenoxy) is 1. The predicted octanol–water partition coefficient (Wildman–Crippen LogP) is 1.54. The zero-order chi connectivity index (χ0) is 9.15. The highest BCUT2D eigenvalue weighted by molar-refractivity contribution is 5.54. The molecule has 0 amide bonds. The van der Waals surface area contributed by atoms with Gasteiger partial charge in [0.2, 0.25) is 0 Å². The van der Waals surface area contributed by atoms with Crippen molar-refractivity contribution in [1.29, 1.82) is 0 Å². The van der Waals surface area contributed by atoms with Gasteiger partial charge in [0, 0.05) is 11.8 Å². The molecule has 68 valence electrons. The van der Waals surface area contributed by atoms with E-state index in [4.69, 9.17) is 4.74 Å². The lowest BCUT2D eigenvalue weighted by Gasteiger charge is -2.40. The van der Waals surface area contributed by atoms with Crippen LogP contribution in [0.1, 0.15) is 12.0 Å².